The molecular formula is C22H22N4O4S. The standard InChI is InChI=1S/C22H22N4O4S/c1-16(27)26(18-7-4-3-5-8-18)22-24-17(15-31-22)10-11-20(28)25-19-9-6-12-23-21(19)30-14-13-29-2/h3-12,15H,13-14H2,1-2H3,(H,25,28)/b11-10+. The molecule has 0 spiro atoms. The van der Waals surface area contributed by atoms with E-state index in [0.29, 0.717) is 35.6 Å². The summed E-state index contributed by atoms with van der Waals surface area (Å²) < 4.78 is 10.5. The molecule has 0 bridgehead atoms. The first-order valence-corrected chi connectivity index (χ1v) is 10.3. The van der Waals surface area contributed by atoms with Crippen LogP contribution in [0.5, 0.6) is 5.88 Å². The van der Waals surface area contributed by atoms with E-state index in [1.165, 1.54) is 29.2 Å². The van der Waals surface area contributed by atoms with Gasteiger partial charge in [0, 0.05) is 31.7 Å². The minimum Gasteiger partial charge on any atom is -0.474 e. The molecule has 0 saturated heterocycles. The minimum atomic E-state index is -0.356. The third-order valence-electron chi connectivity index (χ3n) is 3.99. The minimum absolute atomic E-state index is 0.147. The number of methoxy groups -OCH3 is 1. The summed E-state index contributed by atoms with van der Waals surface area (Å²) in [6.07, 6.45) is 4.53. The molecule has 2 heterocycles. The Morgan fingerprint density at radius 1 is 1.16 bits per heavy atom. The zero-order valence-corrected chi connectivity index (χ0v) is 18.0. The number of pyridine rings is 1. The molecule has 1 N–H and O–H groups in total. The fourth-order valence-corrected chi connectivity index (χ4v) is 3.47. The molecule has 0 radical (unpaired) electrons. The molecule has 3 rings (SSSR count). The van der Waals surface area contributed by atoms with E-state index in [-0.39, 0.29) is 11.8 Å². The molecule has 160 valence electrons. The molecule has 0 aliphatic carbocycles. The fourth-order valence-electron chi connectivity index (χ4n) is 2.62. The van der Waals surface area contributed by atoms with Gasteiger partial charge in [-0.25, -0.2) is 9.97 Å². The summed E-state index contributed by atoms with van der Waals surface area (Å²) in [5.74, 6) is -0.186. The van der Waals surface area contributed by atoms with Crippen molar-refractivity contribution in [2.24, 2.45) is 0 Å². The number of rotatable bonds is 9. The van der Waals surface area contributed by atoms with E-state index in [0.717, 1.165) is 5.69 Å². The number of hydrogen-bond donors (Lipinski definition) is 1. The average Bonchev–Trinajstić information content (AvgIpc) is 3.23. The number of benzene rings is 1. The predicted octanol–water partition coefficient (Wildman–Crippen LogP) is 3.90. The van der Waals surface area contributed by atoms with Crippen LogP contribution in [0.2, 0.25) is 0 Å². The van der Waals surface area contributed by atoms with Crippen LogP contribution in [0, 0.1) is 0 Å². The molecule has 2 aromatic heterocycles. The lowest BCUT2D eigenvalue weighted by molar-refractivity contribution is -0.116. The van der Waals surface area contributed by atoms with Crippen molar-refractivity contribution < 1.29 is 19.1 Å². The molecule has 0 unspecified atom stereocenters. The summed E-state index contributed by atoms with van der Waals surface area (Å²) in [7, 11) is 1.58. The van der Waals surface area contributed by atoms with Gasteiger partial charge in [-0.15, -0.1) is 11.3 Å². The van der Waals surface area contributed by atoms with Crippen molar-refractivity contribution in [3.63, 3.8) is 0 Å². The van der Waals surface area contributed by atoms with Gasteiger partial charge in [0.1, 0.15) is 12.3 Å². The van der Waals surface area contributed by atoms with Gasteiger partial charge in [0.05, 0.1) is 18.0 Å². The number of thiazole rings is 1. The van der Waals surface area contributed by atoms with Crippen LogP contribution in [-0.2, 0) is 14.3 Å². The van der Waals surface area contributed by atoms with Gasteiger partial charge in [0.15, 0.2) is 5.13 Å². The zero-order valence-electron chi connectivity index (χ0n) is 17.1. The Bertz CT molecular complexity index is 1050. The van der Waals surface area contributed by atoms with E-state index in [1.807, 2.05) is 30.3 Å². The Labute approximate surface area is 184 Å². The Morgan fingerprint density at radius 3 is 2.71 bits per heavy atom. The number of amides is 2. The monoisotopic (exact) mass is 438 g/mol. The molecule has 0 aliphatic rings. The summed E-state index contributed by atoms with van der Waals surface area (Å²) in [4.78, 5) is 34.6. The lowest BCUT2D eigenvalue weighted by Crippen LogP contribution is -2.22. The highest BCUT2D eigenvalue weighted by atomic mass is 32.1. The summed E-state index contributed by atoms with van der Waals surface area (Å²) in [6, 6.07) is 12.7. The first-order chi connectivity index (χ1) is 15.1. The second-order valence-electron chi connectivity index (χ2n) is 6.26. The van der Waals surface area contributed by atoms with E-state index < -0.39 is 0 Å². The van der Waals surface area contributed by atoms with Crippen molar-refractivity contribution in [2.75, 3.05) is 30.5 Å². The molecule has 31 heavy (non-hydrogen) atoms. The largest absolute Gasteiger partial charge is 0.474 e. The number of carbonyl (C=O) groups excluding carboxylic acids is 2. The second kappa shape index (κ2) is 11.0. The summed E-state index contributed by atoms with van der Waals surface area (Å²) >= 11 is 1.32. The maximum absolute atomic E-state index is 12.3. The number of nitrogens with zero attached hydrogens (tertiary/aromatic N) is 3. The lowest BCUT2D eigenvalue weighted by Gasteiger charge is -2.17. The van der Waals surface area contributed by atoms with Crippen LogP contribution in [0.3, 0.4) is 0 Å². The van der Waals surface area contributed by atoms with Crippen molar-refractivity contribution >= 4 is 45.7 Å². The van der Waals surface area contributed by atoms with Crippen molar-refractivity contribution in [3.8, 4) is 5.88 Å². The van der Waals surface area contributed by atoms with E-state index in [9.17, 15) is 9.59 Å². The number of aromatic nitrogens is 2. The lowest BCUT2D eigenvalue weighted by atomic mass is 10.3. The highest BCUT2D eigenvalue weighted by molar-refractivity contribution is 7.14. The van der Waals surface area contributed by atoms with Crippen molar-refractivity contribution in [3.05, 3.63) is 65.8 Å². The maximum Gasteiger partial charge on any atom is 0.248 e. The number of ether oxygens (including phenoxy) is 2. The maximum atomic E-state index is 12.3. The van der Waals surface area contributed by atoms with Crippen LogP contribution in [0.4, 0.5) is 16.5 Å². The highest BCUT2D eigenvalue weighted by Crippen LogP contribution is 2.29. The Kier molecular flexibility index (Phi) is 7.85. The van der Waals surface area contributed by atoms with Gasteiger partial charge in [0.25, 0.3) is 0 Å². The topological polar surface area (TPSA) is 93.7 Å². The third-order valence-corrected chi connectivity index (χ3v) is 4.84. The SMILES string of the molecule is COCCOc1ncccc1NC(=O)/C=C/c1csc(N(C(C)=O)c2ccccc2)n1. The molecule has 2 amide bonds. The molecule has 0 saturated carbocycles. The molecule has 8 nitrogen and oxygen atoms in total. The van der Waals surface area contributed by atoms with Crippen LogP contribution >= 0.6 is 11.3 Å². The number of carbonyl (C=O) groups is 2. The van der Waals surface area contributed by atoms with E-state index >= 15 is 0 Å². The van der Waals surface area contributed by atoms with Crippen molar-refractivity contribution in [1.29, 1.82) is 0 Å². The number of anilines is 3. The van der Waals surface area contributed by atoms with Crippen molar-refractivity contribution in [2.45, 2.75) is 6.92 Å². The predicted molar refractivity (Wildman–Crippen MR) is 121 cm³/mol. The quantitative estimate of drug-likeness (QED) is 0.402. The summed E-state index contributed by atoms with van der Waals surface area (Å²) in [6.45, 7) is 2.22. The second-order valence-corrected chi connectivity index (χ2v) is 7.10. The first kappa shape index (κ1) is 22.1. The Balaban J connectivity index is 1.67. The molecule has 0 aliphatic heterocycles. The van der Waals surface area contributed by atoms with Gasteiger partial charge >= 0.3 is 0 Å². The molecule has 9 heteroatoms. The van der Waals surface area contributed by atoms with Crippen molar-refractivity contribution in [1.82, 2.24) is 9.97 Å². The molecule has 3 aromatic rings. The third kappa shape index (κ3) is 6.21. The Morgan fingerprint density at radius 2 is 1.97 bits per heavy atom. The normalized spacial score (nSPS) is 10.8. The highest BCUT2D eigenvalue weighted by Gasteiger charge is 2.17. The fraction of sp³-hybridized carbons (Fsp3) is 0.182. The van der Waals surface area contributed by atoms with Gasteiger partial charge in [-0.05, 0) is 30.3 Å². The molecule has 1 aromatic carbocycles. The average molecular weight is 439 g/mol. The smallest absolute Gasteiger partial charge is 0.248 e. The van der Waals surface area contributed by atoms with E-state index in [1.54, 1.807) is 36.9 Å². The number of para-hydroxylation sites is 1. The number of nitrogens with one attached hydrogen (secondary N) is 1. The van der Waals surface area contributed by atoms with Gasteiger partial charge in [0.2, 0.25) is 17.7 Å². The molecule has 0 atom stereocenters. The van der Waals surface area contributed by atoms with Crippen LogP contribution in [0.15, 0.2) is 60.1 Å². The van der Waals surface area contributed by atoms with Crippen LogP contribution in [0.1, 0.15) is 12.6 Å². The van der Waals surface area contributed by atoms with Crippen LogP contribution in [0.25, 0.3) is 6.08 Å². The van der Waals surface area contributed by atoms with E-state index in [4.69, 9.17) is 9.47 Å². The van der Waals surface area contributed by atoms with E-state index in [2.05, 4.69) is 15.3 Å². The Hall–Kier alpha value is -3.56. The van der Waals surface area contributed by atoms with Crippen LogP contribution < -0.4 is 15.0 Å². The zero-order chi connectivity index (χ0) is 22.1. The summed E-state index contributed by atoms with van der Waals surface area (Å²) in [5, 5.41) is 5.05. The number of hydrogen-bond acceptors (Lipinski definition) is 7. The molecule has 0 fully saturated rings. The van der Waals surface area contributed by atoms with Gasteiger partial charge in [-0.3, -0.25) is 14.5 Å². The van der Waals surface area contributed by atoms with Gasteiger partial charge in [-0.1, -0.05) is 18.2 Å². The molecular weight excluding hydrogens is 416 g/mol. The van der Waals surface area contributed by atoms with Gasteiger partial charge < -0.3 is 14.8 Å². The van der Waals surface area contributed by atoms with Crippen LogP contribution in [-0.4, -0.2) is 42.1 Å². The first-order valence-electron chi connectivity index (χ1n) is 9.45. The summed E-state index contributed by atoms with van der Waals surface area (Å²) in [5.41, 5.74) is 1.76. The van der Waals surface area contributed by atoms with Gasteiger partial charge in [-0.2, -0.15) is 0 Å².